The predicted molar refractivity (Wildman–Crippen MR) is 44.5 cm³/mol. The molecule has 4 heteroatoms. The van der Waals surface area contributed by atoms with Gasteiger partial charge in [-0.05, 0) is 19.9 Å². The molecule has 0 heterocycles. The number of ketones is 1. The van der Waals surface area contributed by atoms with Crippen LogP contribution in [0.1, 0.15) is 26.2 Å². The van der Waals surface area contributed by atoms with Crippen LogP contribution in [0.2, 0.25) is 0 Å². The molecule has 0 spiro atoms. The average molecular weight is 173 g/mol. The molecule has 0 fully saturated rings. The van der Waals surface area contributed by atoms with Gasteiger partial charge in [0.2, 0.25) is 0 Å². The molecule has 2 N–H and O–H groups in total. The van der Waals surface area contributed by atoms with Crippen molar-refractivity contribution in [2.24, 2.45) is 5.73 Å². The van der Waals surface area contributed by atoms with E-state index in [-0.39, 0.29) is 12.2 Å². The average Bonchev–Trinajstić information content (AvgIpc) is 2.01. The molecular formula is C8H15NO3. The lowest BCUT2D eigenvalue weighted by Crippen LogP contribution is -2.12. The van der Waals surface area contributed by atoms with Crippen molar-refractivity contribution < 1.29 is 14.3 Å². The van der Waals surface area contributed by atoms with Gasteiger partial charge < -0.3 is 10.5 Å². The number of carbonyl (C=O) groups excluding carboxylic acids is 2. The van der Waals surface area contributed by atoms with Crippen molar-refractivity contribution in [3.8, 4) is 0 Å². The van der Waals surface area contributed by atoms with Crippen molar-refractivity contribution in [1.82, 2.24) is 0 Å². The maximum Gasteiger partial charge on any atom is 0.313 e. The maximum atomic E-state index is 10.9. The fourth-order valence-electron chi connectivity index (χ4n) is 0.761. The van der Waals surface area contributed by atoms with Crippen LogP contribution in [0, 0.1) is 0 Å². The molecule has 0 bridgehead atoms. The fraction of sp³-hybridized carbons (Fsp3) is 0.750. The summed E-state index contributed by atoms with van der Waals surface area (Å²) >= 11 is 0. The number of Topliss-reactive ketones (excluding diaryl/α,β-unsaturated/α-hetero) is 1. The molecule has 0 unspecified atom stereocenters. The lowest BCUT2D eigenvalue weighted by atomic mass is 10.2. The van der Waals surface area contributed by atoms with E-state index < -0.39 is 5.97 Å². The minimum Gasteiger partial charge on any atom is -0.466 e. The molecule has 0 aliphatic rings. The number of esters is 1. The molecule has 0 atom stereocenters. The summed E-state index contributed by atoms with van der Waals surface area (Å²) in [6, 6.07) is 0. The van der Waals surface area contributed by atoms with Crippen molar-refractivity contribution in [2.75, 3.05) is 13.2 Å². The molecule has 0 aromatic rings. The van der Waals surface area contributed by atoms with Crippen LogP contribution in [0.5, 0.6) is 0 Å². The van der Waals surface area contributed by atoms with E-state index in [0.717, 1.165) is 0 Å². The minimum atomic E-state index is -0.445. The molecule has 0 radical (unpaired) electrons. The van der Waals surface area contributed by atoms with E-state index in [0.29, 0.717) is 26.0 Å². The van der Waals surface area contributed by atoms with Gasteiger partial charge in [-0.2, -0.15) is 0 Å². The molecule has 70 valence electrons. The first-order valence-corrected chi connectivity index (χ1v) is 4.08. The Balaban J connectivity index is 3.47. The Hall–Kier alpha value is -0.900. The Morgan fingerprint density at radius 3 is 2.58 bits per heavy atom. The van der Waals surface area contributed by atoms with Gasteiger partial charge in [0.25, 0.3) is 0 Å². The maximum absolute atomic E-state index is 10.9. The van der Waals surface area contributed by atoms with E-state index in [1.807, 2.05) is 0 Å². The summed E-state index contributed by atoms with van der Waals surface area (Å²) in [6.07, 6.45) is 0.890. The van der Waals surface area contributed by atoms with Crippen LogP contribution in [0.4, 0.5) is 0 Å². The largest absolute Gasteiger partial charge is 0.466 e. The van der Waals surface area contributed by atoms with E-state index >= 15 is 0 Å². The second-order valence-electron chi connectivity index (χ2n) is 2.41. The van der Waals surface area contributed by atoms with Gasteiger partial charge in [-0.15, -0.1) is 0 Å². The van der Waals surface area contributed by atoms with Crippen LogP contribution < -0.4 is 5.73 Å². The molecule has 4 nitrogen and oxygen atoms in total. The van der Waals surface area contributed by atoms with Gasteiger partial charge in [-0.3, -0.25) is 9.59 Å². The Kier molecular flexibility index (Phi) is 6.28. The Morgan fingerprint density at radius 1 is 1.42 bits per heavy atom. The van der Waals surface area contributed by atoms with E-state index in [9.17, 15) is 9.59 Å². The third-order valence-corrected chi connectivity index (χ3v) is 1.31. The van der Waals surface area contributed by atoms with Crippen molar-refractivity contribution in [2.45, 2.75) is 26.2 Å². The normalized spacial score (nSPS) is 9.50. The number of nitrogens with two attached hydrogens (primary N) is 1. The highest BCUT2D eigenvalue weighted by Crippen LogP contribution is 1.95. The number of rotatable bonds is 6. The molecule has 0 rings (SSSR count). The zero-order valence-electron chi connectivity index (χ0n) is 7.34. The molecule has 0 amide bonds. The molecule has 12 heavy (non-hydrogen) atoms. The van der Waals surface area contributed by atoms with Crippen molar-refractivity contribution in [3.05, 3.63) is 0 Å². The number of ether oxygens (including phenoxy) is 1. The first-order chi connectivity index (χ1) is 5.70. The number of carbonyl (C=O) groups is 2. The summed E-state index contributed by atoms with van der Waals surface area (Å²) < 4.78 is 4.60. The van der Waals surface area contributed by atoms with Gasteiger partial charge in [-0.25, -0.2) is 0 Å². The summed E-state index contributed by atoms with van der Waals surface area (Å²) in [6.45, 7) is 2.51. The summed E-state index contributed by atoms with van der Waals surface area (Å²) in [5.74, 6) is -0.543. The highest BCUT2D eigenvalue weighted by Gasteiger charge is 2.08. The van der Waals surface area contributed by atoms with E-state index in [1.54, 1.807) is 6.92 Å². The van der Waals surface area contributed by atoms with E-state index in [4.69, 9.17) is 5.73 Å². The third kappa shape index (κ3) is 5.85. The van der Waals surface area contributed by atoms with Gasteiger partial charge in [0.1, 0.15) is 12.2 Å². The predicted octanol–water partition coefficient (Wildman–Crippen LogP) is 0.248. The summed E-state index contributed by atoms with van der Waals surface area (Å²) in [5.41, 5.74) is 5.20. The molecule has 0 saturated heterocycles. The zero-order valence-corrected chi connectivity index (χ0v) is 7.34. The van der Waals surface area contributed by atoms with Crippen LogP contribution in [-0.4, -0.2) is 24.9 Å². The van der Waals surface area contributed by atoms with Crippen molar-refractivity contribution >= 4 is 11.8 Å². The first-order valence-electron chi connectivity index (χ1n) is 4.08. The smallest absolute Gasteiger partial charge is 0.313 e. The zero-order chi connectivity index (χ0) is 9.40. The van der Waals surface area contributed by atoms with Gasteiger partial charge in [0.15, 0.2) is 0 Å². The quantitative estimate of drug-likeness (QED) is 0.461. The molecule has 0 saturated carbocycles. The van der Waals surface area contributed by atoms with Gasteiger partial charge in [-0.1, -0.05) is 0 Å². The molecular weight excluding hydrogens is 158 g/mol. The third-order valence-electron chi connectivity index (χ3n) is 1.31. The van der Waals surface area contributed by atoms with Crippen molar-refractivity contribution in [3.63, 3.8) is 0 Å². The Labute approximate surface area is 72.1 Å². The minimum absolute atomic E-state index is 0.0982. The number of hydrogen-bond acceptors (Lipinski definition) is 4. The molecule has 0 aromatic carbocycles. The second kappa shape index (κ2) is 6.79. The van der Waals surface area contributed by atoms with Crippen LogP contribution in [0.25, 0.3) is 0 Å². The van der Waals surface area contributed by atoms with Crippen LogP contribution in [-0.2, 0) is 14.3 Å². The standard InChI is InChI=1S/C8H15NO3/c1-2-12-8(11)6-7(10)4-3-5-9/h2-6,9H2,1H3. The molecule has 0 aliphatic heterocycles. The fourth-order valence-corrected chi connectivity index (χ4v) is 0.761. The summed E-state index contributed by atoms with van der Waals surface area (Å²) in [7, 11) is 0. The topological polar surface area (TPSA) is 69.4 Å². The summed E-state index contributed by atoms with van der Waals surface area (Å²) in [4.78, 5) is 21.7. The van der Waals surface area contributed by atoms with Crippen molar-refractivity contribution in [1.29, 1.82) is 0 Å². The number of hydrogen-bond donors (Lipinski definition) is 1. The lowest BCUT2D eigenvalue weighted by molar-refractivity contribution is -0.145. The Morgan fingerprint density at radius 2 is 2.08 bits per heavy atom. The van der Waals surface area contributed by atoms with Crippen LogP contribution in [0.3, 0.4) is 0 Å². The van der Waals surface area contributed by atoms with E-state index in [2.05, 4.69) is 4.74 Å². The highest BCUT2D eigenvalue weighted by molar-refractivity contribution is 5.95. The second-order valence-corrected chi connectivity index (χ2v) is 2.41. The van der Waals surface area contributed by atoms with Crippen LogP contribution >= 0.6 is 0 Å². The highest BCUT2D eigenvalue weighted by atomic mass is 16.5. The first kappa shape index (κ1) is 11.1. The van der Waals surface area contributed by atoms with Gasteiger partial charge in [0.05, 0.1) is 6.61 Å². The van der Waals surface area contributed by atoms with Gasteiger partial charge in [0, 0.05) is 6.42 Å². The lowest BCUT2D eigenvalue weighted by Gasteiger charge is -1.99. The SMILES string of the molecule is CCOC(=O)CC(=O)CCCN. The monoisotopic (exact) mass is 173 g/mol. The van der Waals surface area contributed by atoms with Crippen LogP contribution in [0.15, 0.2) is 0 Å². The van der Waals surface area contributed by atoms with Gasteiger partial charge >= 0.3 is 5.97 Å². The Bertz CT molecular complexity index is 156. The summed E-state index contributed by atoms with van der Waals surface area (Å²) in [5, 5.41) is 0. The van der Waals surface area contributed by atoms with E-state index in [1.165, 1.54) is 0 Å². The molecule has 0 aliphatic carbocycles. The molecule has 0 aromatic heterocycles.